The molecule has 3 aromatic rings. The van der Waals surface area contributed by atoms with Gasteiger partial charge in [-0.05, 0) is 43.5 Å². The van der Waals surface area contributed by atoms with Crippen molar-refractivity contribution in [2.45, 2.75) is 50.7 Å². The zero-order valence-corrected chi connectivity index (χ0v) is 22.1. The number of pyridine rings is 1. The number of benzene rings is 2. The summed E-state index contributed by atoms with van der Waals surface area (Å²) in [4.78, 5) is 16.5. The number of esters is 1. The topological polar surface area (TPSA) is 134 Å². The molecule has 0 unspecified atom stereocenters. The van der Waals surface area contributed by atoms with E-state index in [1.54, 1.807) is 25.1 Å². The summed E-state index contributed by atoms with van der Waals surface area (Å²) < 4.78 is 44.4. The quantitative estimate of drug-likeness (QED) is 0.264. The van der Waals surface area contributed by atoms with Gasteiger partial charge < -0.3 is 14.9 Å². The van der Waals surface area contributed by atoms with E-state index in [4.69, 9.17) is 14.3 Å². The zero-order valence-electron chi connectivity index (χ0n) is 21.2. The van der Waals surface area contributed by atoms with E-state index < -0.39 is 28.3 Å². The standard InChI is InChI=1S/C27H28FNO4.CH4O3S/c1-2-33-25(32)16-21(31)15-20(30)13-14-23-26(17-9-11-19(28)12-10-17)22-5-3-4-6-24(22)29-27(23)18-7-8-18;1-5(2,3)4/h3-6,9-14,18,20-21,30-31H,2,7-8,15-16H2,1H3;1H3,(H,2,3,4)/b14-13+;/t20-,21-;/m1./s1. The Morgan fingerprint density at radius 3 is 2.39 bits per heavy atom. The van der Waals surface area contributed by atoms with Gasteiger partial charge in [0.25, 0.3) is 10.1 Å². The number of carbonyl (C=O) groups is 1. The first-order valence-electron chi connectivity index (χ1n) is 12.3. The summed E-state index contributed by atoms with van der Waals surface area (Å²) in [5.74, 6) is -0.447. The van der Waals surface area contributed by atoms with Gasteiger partial charge in [0.1, 0.15) is 5.82 Å². The molecule has 3 N–H and O–H groups in total. The third kappa shape index (κ3) is 8.98. The summed E-state index contributed by atoms with van der Waals surface area (Å²) in [5, 5.41) is 21.6. The lowest BCUT2D eigenvalue weighted by Gasteiger charge is -2.16. The van der Waals surface area contributed by atoms with Crippen molar-refractivity contribution in [3.63, 3.8) is 0 Å². The molecular formula is C28H32FNO7S. The number of fused-ring (bicyclic) bond motifs is 1. The summed E-state index contributed by atoms with van der Waals surface area (Å²) in [6, 6.07) is 14.3. The molecule has 2 aromatic carbocycles. The second-order valence-electron chi connectivity index (χ2n) is 9.14. The van der Waals surface area contributed by atoms with E-state index in [0.29, 0.717) is 12.2 Å². The predicted molar refractivity (Wildman–Crippen MR) is 143 cm³/mol. The SMILES string of the molecule is CCOC(=O)C[C@H](O)C[C@H](O)/C=C/c1c(C2CC2)nc2ccccc2c1-c1ccc(F)cc1.CS(=O)(=O)O. The lowest BCUT2D eigenvalue weighted by molar-refractivity contribution is -0.145. The smallest absolute Gasteiger partial charge is 0.308 e. The Kier molecular flexibility index (Phi) is 10.1. The third-order valence-corrected chi connectivity index (χ3v) is 5.76. The fourth-order valence-corrected chi connectivity index (χ4v) is 4.07. The van der Waals surface area contributed by atoms with Gasteiger partial charge in [0.2, 0.25) is 0 Å². The number of nitrogens with zero attached hydrogens (tertiary/aromatic N) is 1. The number of halogens is 1. The first-order chi connectivity index (χ1) is 18.0. The van der Waals surface area contributed by atoms with Gasteiger partial charge in [0.05, 0.1) is 42.7 Å². The average molecular weight is 546 g/mol. The maximum atomic E-state index is 13.6. The normalized spacial score (nSPS) is 15.1. The molecule has 4 rings (SSSR count). The van der Waals surface area contributed by atoms with Gasteiger partial charge in [-0.25, -0.2) is 4.39 Å². The van der Waals surface area contributed by atoms with Crippen molar-refractivity contribution in [1.82, 2.24) is 4.98 Å². The predicted octanol–water partition coefficient (Wildman–Crippen LogP) is 4.50. The Bertz CT molecular complexity index is 1380. The highest BCUT2D eigenvalue weighted by molar-refractivity contribution is 7.85. The van der Waals surface area contributed by atoms with Gasteiger partial charge in [-0.2, -0.15) is 8.42 Å². The summed E-state index contributed by atoms with van der Waals surface area (Å²) >= 11 is 0. The van der Waals surface area contributed by atoms with Gasteiger partial charge in [0.15, 0.2) is 0 Å². The molecule has 0 saturated heterocycles. The molecule has 0 bridgehead atoms. The number of ether oxygens (including phenoxy) is 1. The number of rotatable bonds is 9. The van der Waals surface area contributed by atoms with Gasteiger partial charge in [-0.15, -0.1) is 0 Å². The number of para-hydroxylation sites is 1. The molecule has 0 amide bonds. The van der Waals surface area contributed by atoms with E-state index in [0.717, 1.165) is 46.1 Å². The van der Waals surface area contributed by atoms with Crippen molar-refractivity contribution in [3.05, 3.63) is 71.7 Å². The first kappa shape index (κ1) is 29.4. The molecule has 1 heterocycles. The molecule has 0 radical (unpaired) electrons. The highest BCUT2D eigenvalue weighted by atomic mass is 32.2. The van der Waals surface area contributed by atoms with Crippen LogP contribution in [-0.4, -0.2) is 59.2 Å². The van der Waals surface area contributed by atoms with Gasteiger partial charge in [-0.1, -0.05) is 42.5 Å². The van der Waals surface area contributed by atoms with E-state index in [2.05, 4.69) is 0 Å². The lowest BCUT2D eigenvalue weighted by atomic mass is 9.92. The molecule has 8 nitrogen and oxygen atoms in total. The van der Waals surface area contributed by atoms with Crippen LogP contribution in [0.3, 0.4) is 0 Å². The van der Waals surface area contributed by atoms with Crippen molar-refractivity contribution < 1.29 is 37.1 Å². The number of aromatic nitrogens is 1. The second kappa shape index (κ2) is 13.1. The van der Waals surface area contributed by atoms with Crippen LogP contribution in [0, 0.1) is 5.82 Å². The summed E-state index contributed by atoms with van der Waals surface area (Å²) in [6.07, 6.45) is 4.18. The molecule has 38 heavy (non-hydrogen) atoms. The number of carbonyl (C=O) groups excluding carboxylic acids is 1. The lowest BCUT2D eigenvalue weighted by Crippen LogP contribution is -2.20. The van der Waals surface area contributed by atoms with Crippen LogP contribution >= 0.6 is 0 Å². The van der Waals surface area contributed by atoms with Crippen LogP contribution in [0.1, 0.15) is 49.8 Å². The molecular weight excluding hydrogens is 513 g/mol. The van der Waals surface area contributed by atoms with Crippen LogP contribution in [0.25, 0.3) is 28.1 Å². The zero-order chi connectivity index (χ0) is 27.9. The van der Waals surface area contributed by atoms with Crippen LogP contribution in [-0.2, 0) is 19.6 Å². The summed E-state index contributed by atoms with van der Waals surface area (Å²) in [6.45, 7) is 1.95. The van der Waals surface area contributed by atoms with Crippen molar-refractivity contribution in [3.8, 4) is 11.1 Å². The van der Waals surface area contributed by atoms with Crippen molar-refractivity contribution >= 4 is 33.1 Å². The molecule has 2 atom stereocenters. The number of hydrogen-bond acceptors (Lipinski definition) is 7. The minimum atomic E-state index is -3.67. The highest BCUT2D eigenvalue weighted by Gasteiger charge is 2.29. The molecule has 204 valence electrons. The fourth-order valence-electron chi connectivity index (χ4n) is 4.07. The third-order valence-electron chi connectivity index (χ3n) is 5.76. The average Bonchev–Trinajstić information content (AvgIpc) is 3.67. The van der Waals surface area contributed by atoms with Crippen molar-refractivity contribution in [1.29, 1.82) is 0 Å². The monoisotopic (exact) mass is 545 g/mol. The molecule has 0 aliphatic heterocycles. The van der Waals surface area contributed by atoms with E-state index in [1.165, 1.54) is 12.1 Å². The molecule has 1 aliphatic rings. The van der Waals surface area contributed by atoms with E-state index in [-0.39, 0.29) is 25.3 Å². The van der Waals surface area contributed by atoms with Crippen LogP contribution in [0.4, 0.5) is 4.39 Å². The van der Waals surface area contributed by atoms with Crippen molar-refractivity contribution in [2.24, 2.45) is 0 Å². The number of hydrogen-bond donors (Lipinski definition) is 3. The first-order valence-corrected chi connectivity index (χ1v) is 14.1. The molecule has 1 aromatic heterocycles. The fraction of sp³-hybridized carbons (Fsp3) is 0.357. The van der Waals surface area contributed by atoms with Gasteiger partial charge >= 0.3 is 5.97 Å². The minimum Gasteiger partial charge on any atom is -0.466 e. The molecule has 10 heteroatoms. The molecule has 1 saturated carbocycles. The van der Waals surface area contributed by atoms with E-state index in [1.807, 2.05) is 30.3 Å². The van der Waals surface area contributed by atoms with Gasteiger partial charge in [0, 0.05) is 28.9 Å². The van der Waals surface area contributed by atoms with Crippen LogP contribution in [0.2, 0.25) is 0 Å². The Hall–Kier alpha value is -3.18. The number of aliphatic hydroxyl groups is 2. The summed E-state index contributed by atoms with van der Waals surface area (Å²) in [5.41, 5.74) is 4.54. The molecule has 1 fully saturated rings. The number of aliphatic hydroxyl groups excluding tert-OH is 2. The molecule has 0 spiro atoms. The Morgan fingerprint density at radius 2 is 1.79 bits per heavy atom. The minimum absolute atomic E-state index is 0.0148. The van der Waals surface area contributed by atoms with Crippen LogP contribution in [0.15, 0.2) is 54.6 Å². The highest BCUT2D eigenvalue weighted by Crippen LogP contribution is 2.45. The maximum absolute atomic E-state index is 13.6. The summed E-state index contributed by atoms with van der Waals surface area (Å²) in [7, 11) is -3.67. The Balaban J connectivity index is 0.000000732. The largest absolute Gasteiger partial charge is 0.466 e. The second-order valence-corrected chi connectivity index (χ2v) is 10.6. The van der Waals surface area contributed by atoms with E-state index in [9.17, 15) is 27.8 Å². The van der Waals surface area contributed by atoms with Crippen molar-refractivity contribution in [2.75, 3.05) is 12.9 Å². The van der Waals surface area contributed by atoms with Crippen LogP contribution in [0.5, 0.6) is 0 Å². The Morgan fingerprint density at radius 1 is 1.16 bits per heavy atom. The maximum Gasteiger partial charge on any atom is 0.308 e. The van der Waals surface area contributed by atoms with Crippen LogP contribution < -0.4 is 0 Å². The molecule has 1 aliphatic carbocycles. The van der Waals surface area contributed by atoms with E-state index >= 15 is 0 Å². The Labute approximate surface area is 221 Å². The van der Waals surface area contributed by atoms with Gasteiger partial charge in [-0.3, -0.25) is 14.3 Å².